The second-order valence-corrected chi connectivity index (χ2v) is 10.1. The summed E-state index contributed by atoms with van der Waals surface area (Å²) in [4.78, 5) is 37.1. The lowest BCUT2D eigenvalue weighted by Crippen LogP contribution is -2.30. The molecule has 0 rings (SSSR count). The fourth-order valence-corrected chi connectivity index (χ4v) is 4.53. The Labute approximate surface area is 219 Å². The third-order valence-electron chi connectivity index (χ3n) is 6.62. The number of hydrogen-bond acceptors (Lipinski definition) is 5. The van der Waals surface area contributed by atoms with Crippen LogP contribution in [0.3, 0.4) is 0 Å². The van der Waals surface area contributed by atoms with Crippen molar-refractivity contribution in [2.75, 3.05) is 39.3 Å². The van der Waals surface area contributed by atoms with E-state index in [9.17, 15) is 14.4 Å². The maximum atomic E-state index is 10.9. The predicted octanol–water partition coefficient (Wildman–Crippen LogP) is 5.89. The van der Waals surface area contributed by atoms with Gasteiger partial charge in [-0.3, -0.25) is 14.4 Å². The van der Waals surface area contributed by atoms with E-state index in [2.05, 4.69) is 16.7 Å². The zero-order valence-electron chi connectivity index (χ0n) is 22.9. The van der Waals surface area contributed by atoms with Crippen molar-refractivity contribution in [3.63, 3.8) is 0 Å². The lowest BCUT2D eigenvalue weighted by molar-refractivity contribution is -0.138. The molecule has 0 heterocycles. The second-order valence-electron chi connectivity index (χ2n) is 10.1. The van der Waals surface area contributed by atoms with E-state index in [0.29, 0.717) is 32.4 Å². The van der Waals surface area contributed by atoms with Gasteiger partial charge in [-0.2, -0.15) is 0 Å². The summed E-state index contributed by atoms with van der Waals surface area (Å²) < 4.78 is 0. The number of carbonyl (C=O) groups is 3. The van der Waals surface area contributed by atoms with Crippen LogP contribution in [0.2, 0.25) is 0 Å². The Hall–Kier alpha value is -1.67. The summed E-state index contributed by atoms with van der Waals surface area (Å²) in [5.41, 5.74) is 0. The molecule has 0 amide bonds. The smallest absolute Gasteiger partial charge is 0.303 e. The molecule has 0 aliphatic heterocycles. The molecule has 0 aromatic carbocycles. The summed E-state index contributed by atoms with van der Waals surface area (Å²) in [5.74, 6) is -2.35. The topological polar surface area (TPSA) is 118 Å². The van der Waals surface area contributed by atoms with Gasteiger partial charge in [-0.25, -0.2) is 0 Å². The monoisotopic (exact) mass is 514 g/mol. The van der Waals surface area contributed by atoms with Gasteiger partial charge in [-0.1, -0.05) is 64.7 Å². The van der Waals surface area contributed by atoms with Crippen molar-refractivity contribution in [3.8, 4) is 0 Å². The first-order valence-corrected chi connectivity index (χ1v) is 14.4. The van der Waals surface area contributed by atoms with Crippen LogP contribution < -0.4 is 0 Å². The van der Waals surface area contributed by atoms with Gasteiger partial charge in [0, 0.05) is 19.3 Å². The van der Waals surface area contributed by atoms with E-state index in [1.807, 2.05) is 0 Å². The first kappa shape index (κ1) is 34.3. The number of unbranched alkanes of at least 4 members (excludes halogenated alkanes) is 10. The number of aliphatic carboxylic acids is 3. The molecule has 0 aromatic heterocycles. The molecule has 0 aliphatic carbocycles. The molecule has 0 radical (unpaired) electrons. The summed E-state index contributed by atoms with van der Waals surface area (Å²) in [6.45, 7) is 7.19. The Morgan fingerprint density at radius 3 is 0.972 bits per heavy atom. The maximum Gasteiger partial charge on any atom is 0.303 e. The molecule has 0 fully saturated rings. The minimum atomic E-state index is -0.801. The highest BCUT2D eigenvalue weighted by Crippen LogP contribution is 2.12. The summed E-state index contributed by atoms with van der Waals surface area (Å²) >= 11 is 0. The molecule has 0 saturated carbocycles. The molecule has 3 N–H and O–H groups in total. The molecule has 0 aliphatic rings. The van der Waals surface area contributed by atoms with Crippen LogP contribution in [0.1, 0.15) is 122 Å². The van der Waals surface area contributed by atoms with Crippen molar-refractivity contribution < 1.29 is 29.7 Å². The predicted molar refractivity (Wildman–Crippen MR) is 145 cm³/mol. The largest absolute Gasteiger partial charge is 0.481 e. The fraction of sp³-hybridized carbons (Fsp3) is 0.893. The Bertz CT molecular complexity index is 538. The molecule has 0 unspecified atom stereocenters. The fourth-order valence-electron chi connectivity index (χ4n) is 4.53. The van der Waals surface area contributed by atoms with Crippen molar-refractivity contribution in [1.29, 1.82) is 0 Å². The Morgan fingerprint density at radius 2 is 0.667 bits per heavy atom. The Kier molecular flexibility index (Phi) is 23.8. The molecule has 0 spiro atoms. The molecule has 0 aromatic rings. The lowest BCUT2D eigenvalue weighted by atomic mass is 10.1. The van der Waals surface area contributed by atoms with Crippen LogP contribution in [-0.2, 0) is 14.4 Å². The SMILES string of the molecule is CCCCCCCCCCCCN(CCCCN(CCCC(=O)O)CCCC(=O)O)CCCC(=O)O. The van der Waals surface area contributed by atoms with Crippen LogP contribution in [0.5, 0.6) is 0 Å². The van der Waals surface area contributed by atoms with E-state index < -0.39 is 17.9 Å². The molecule has 0 saturated heterocycles. The van der Waals surface area contributed by atoms with Gasteiger partial charge in [0.1, 0.15) is 0 Å². The van der Waals surface area contributed by atoms with Gasteiger partial charge in [0.05, 0.1) is 0 Å². The third-order valence-corrected chi connectivity index (χ3v) is 6.62. The van der Waals surface area contributed by atoms with Gasteiger partial charge < -0.3 is 25.1 Å². The maximum absolute atomic E-state index is 10.9. The van der Waals surface area contributed by atoms with E-state index in [1.165, 1.54) is 57.8 Å². The highest BCUT2D eigenvalue weighted by atomic mass is 16.4. The van der Waals surface area contributed by atoms with Gasteiger partial charge in [0.2, 0.25) is 0 Å². The van der Waals surface area contributed by atoms with Crippen LogP contribution in [0.15, 0.2) is 0 Å². The van der Waals surface area contributed by atoms with E-state index in [-0.39, 0.29) is 19.3 Å². The molecule has 8 nitrogen and oxygen atoms in total. The van der Waals surface area contributed by atoms with Gasteiger partial charge in [-0.05, 0) is 77.8 Å². The quantitative estimate of drug-likeness (QED) is 0.111. The van der Waals surface area contributed by atoms with Crippen LogP contribution in [0, 0.1) is 0 Å². The summed E-state index contributed by atoms with van der Waals surface area (Å²) in [6.07, 6.45) is 17.3. The number of carboxylic acids is 3. The average molecular weight is 515 g/mol. The first-order valence-electron chi connectivity index (χ1n) is 14.4. The summed E-state index contributed by atoms with van der Waals surface area (Å²) in [5, 5.41) is 26.8. The minimum absolute atomic E-state index is 0.131. The highest BCUT2D eigenvalue weighted by Gasteiger charge is 2.10. The molecule has 212 valence electrons. The van der Waals surface area contributed by atoms with Gasteiger partial charge >= 0.3 is 17.9 Å². The molecular formula is C28H54N2O6. The number of rotatable bonds is 28. The third kappa shape index (κ3) is 25.4. The molecule has 36 heavy (non-hydrogen) atoms. The lowest BCUT2D eigenvalue weighted by Gasteiger charge is -2.24. The average Bonchev–Trinajstić information content (AvgIpc) is 2.81. The molecule has 0 bridgehead atoms. The van der Waals surface area contributed by atoms with Crippen LogP contribution in [0.25, 0.3) is 0 Å². The number of nitrogens with zero attached hydrogens (tertiary/aromatic N) is 2. The minimum Gasteiger partial charge on any atom is -0.481 e. The zero-order valence-corrected chi connectivity index (χ0v) is 22.9. The Morgan fingerprint density at radius 1 is 0.417 bits per heavy atom. The molecular weight excluding hydrogens is 460 g/mol. The standard InChI is InChI=1S/C28H54N2O6/c1-2-3-4-5-6-7-8-9-10-11-20-29(23-14-17-26(31)32)21-12-13-22-30(24-15-18-27(33)34)25-16-19-28(35)36/h2-25H2,1H3,(H,31,32)(H,33,34)(H,35,36). The van der Waals surface area contributed by atoms with E-state index >= 15 is 0 Å². The van der Waals surface area contributed by atoms with Crippen molar-refractivity contribution in [3.05, 3.63) is 0 Å². The van der Waals surface area contributed by atoms with Crippen LogP contribution in [0.4, 0.5) is 0 Å². The van der Waals surface area contributed by atoms with Crippen molar-refractivity contribution >= 4 is 17.9 Å². The highest BCUT2D eigenvalue weighted by molar-refractivity contribution is 5.67. The molecule has 0 atom stereocenters. The van der Waals surface area contributed by atoms with Gasteiger partial charge in [0.25, 0.3) is 0 Å². The number of hydrogen-bond donors (Lipinski definition) is 3. The van der Waals surface area contributed by atoms with E-state index in [1.54, 1.807) is 0 Å². The van der Waals surface area contributed by atoms with Crippen molar-refractivity contribution in [2.24, 2.45) is 0 Å². The summed E-state index contributed by atoms with van der Waals surface area (Å²) in [6, 6.07) is 0. The van der Waals surface area contributed by atoms with Crippen molar-refractivity contribution in [1.82, 2.24) is 9.80 Å². The summed E-state index contributed by atoms with van der Waals surface area (Å²) in [7, 11) is 0. The van der Waals surface area contributed by atoms with Crippen LogP contribution in [-0.4, -0.2) is 82.3 Å². The van der Waals surface area contributed by atoms with Crippen LogP contribution >= 0.6 is 0 Å². The normalized spacial score (nSPS) is 11.4. The molecule has 8 heteroatoms. The second kappa shape index (κ2) is 25.0. The van der Waals surface area contributed by atoms with Gasteiger partial charge in [0.15, 0.2) is 0 Å². The van der Waals surface area contributed by atoms with Gasteiger partial charge in [-0.15, -0.1) is 0 Å². The number of carboxylic acid groups (broad SMARTS) is 3. The zero-order chi connectivity index (χ0) is 26.9. The van der Waals surface area contributed by atoms with E-state index in [4.69, 9.17) is 15.3 Å². The van der Waals surface area contributed by atoms with E-state index in [0.717, 1.165) is 45.4 Å². The first-order chi connectivity index (χ1) is 17.3. The van der Waals surface area contributed by atoms with Crippen molar-refractivity contribution in [2.45, 2.75) is 122 Å². The Balaban J connectivity index is 4.26.